The molecule has 0 saturated carbocycles. The molecule has 0 saturated heterocycles. The molecule has 11 heavy (non-hydrogen) atoms. The van der Waals surface area contributed by atoms with E-state index in [1.807, 2.05) is 5.38 Å². The summed E-state index contributed by atoms with van der Waals surface area (Å²) in [6.07, 6.45) is 2.77. The first-order valence-electron chi connectivity index (χ1n) is 2.74. The van der Waals surface area contributed by atoms with Crippen molar-refractivity contribution in [1.82, 2.24) is 4.98 Å². The number of nitrogens with zero attached hydrogens (tertiary/aromatic N) is 1. The van der Waals surface area contributed by atoms with Crippen LogP contribution in [0.15, 0.2) is 27.4 Å². The molecule has 1 N–H and O–H groups in total. The summed E-state index contributed by atoms with van der Waals surface area (Å²) in [6, 6.07) is 0. The van der Waals surface area contributed by atoms with Crippen LogP contribution in [0.5, 0.6) is 0 Å². The Morgan fingerprint density at radius 3 is 3.18 bits per heavy atom. The molecule has 3 nitrogen and oxygen atoms in total. The van der Waals surface area contributed by atoms with Crippen LogP contribution in [-0.2, 0) is 4.79 Å². The molecular weight excluding hydrogens is 182 g/mol. The Kier molecular flexibility index (Phi) is 3.13. The lowest BCUT2D eigenvalue weighted by atomic mass is 10.7. The van der Waals surface area contributed by atoms with Gasteiger partial charge in [-0.3, -0.25) is 0 Å². The van der Waals surface area contributed by atoms with E-state index in [0.717, 1.165) is 10.4 Å². The lowest BCUT2D eigenvalue weighted by Crippen LogP contribution is -1.83. The average Bonchev–Trinajstić information content (AvgIpc) is 2.39. The molecule has 0 aliphatic rings. The maximum atomic E-state index is 10.0. The normalized spacial score (nSPS) is 10.5. The minimum Gasteiger partial charge on any atom is -0.478 e. The van der Waals surface area contributed by atoms with Crippen molar-refractivity contribution in [2.45, 2.75) is 4.34 Å². The van der Waals surface area contributed by atoms with E-state index < -0.39 is 5.97 Å². The predicted molar refractivity (Wildman–Crippen MR) is 44.7 cm³/mol. The second kappa shape index (κ2) is 4.15. The predicted octanol–water partition coefficient (Wildman–Crippen LogP) is 1.83. The summed E-state index contributed by atoms with van der Waals surface area (Å²) in [4.78, 5) is 14.0. The molecule has 1 aromatic rings. The number of carboxylic acids is 1. The van der Waals surface area contributed by atoms with Gasteiger partial charge in [0.05, 0.1) is 0 Å². The second-order valence-electron chi connectivity index (χ2n) is 1.56. The molecule has 0 aromatic carbocycles. The van der Waals surface area contributed by atoms with Crippen LogP contribution < -0.4 is 0 Å². The molecule has 0 atom stereocenters. The van der Waals surface area contributed by atoms with E-state index in [0.29, 0.717) is 0 Å². The highest BCUT2D eigenvalue weighted by Gasteiger charge is 1.91. The number of hydrogen-bond donors (Lipinski definition) is 1. The first-order chi connectivity index (χ1) is 5.29. The number of thiazole rings is 1. The molecule has 58 valence electrons. The van der Waals surface area contributed by atoms with Gasteiger partial charge in [0.15, 0.2) is 4.34 Å². The van der Waals surface area contributed by atoms with Gasteiger partial charge in [0, 0.05) is 17.7 Å². The molecule has 0 radical (unpaired) electrons. The van der Waals surface area contributed by atoms with Gasteiger partial charge >= 0.3 is 5.97 Å². The molecule has 1 aromatic heterocycles. The van der Waals surface area contributed by atoms with Gasteiger partial charge in [-0.05, 0) is 5.41 Å². The van der Waals surface area contributed by atoms with Gasteiger partial charge in [0.25, 0.3) is 0 Å². The van der Waals surface area contributed by atoms with Crippen molar-refractivity contribution in [3.05, 3.63) is 23.1 Å². The van der Waals surface area contributed by atoms with Gasteiger partial charge in [-0.15, -0.1) is 11.3 Å². The molecule has 0 aliphatic carbocycles. The zero-order valence-corrected chi connectivity index (χ0v) is 7.06. The smallest absolute Gasteiger partial charge is 0.328 e. The third-order valence-corrected chi connectivity index (χ3v) is 2.51. The van der Waals surface area contributed by atoms with Gasteiger partial charge in [0.1, 0.15) is 0 Å². The lowest BCUT2D eigenvalue weighted by Gasteiger charge is -1.82. The Balaban J connectivity index is 2.40. The van der Waals surface area contributed by atoms with E-state index in [2.05, 4.69) is 4.98 Å². The van der Waals surface area contributed by atoms with E-state index in [1.54, 1.807) is 6.20 Å². The number of rotatable bonds is 3. The largest absolute Gasteiger partial charge is 0.478 e. The van der Waals surface area contributed by atoms with Crippen molar-refractivity contribution in [2.24, 2.45) is 0 Å². The van der Waals surface area contributed by atoms with Crippen LogP contribution in [0.3, 0.4) is 0 Å². The second-order valence-corrected chi connectivity index (χ2v) is 3.60. The number of carboxylic acid groups (broad SMARTS) is 1. The Hall–Kier alpha value is -0.810. The highest BCUT2D eigenvalue weighted by Crippen LogP contribution is 2.20. The molecule has 1 rings (SSSR count). The first-order valence-corrected chi connectivity index (χ1v) is 4.50. The fourth-order valence-corrected chi connectivity index (χ4v) is 1.76. The molecule has 0 unspecified atom stereocenters. The van der Waals surface area contributed by atoms with Gasteiger partial charge in [0.2, 0.25) is 0 Å². The van der Waals surface area contributed by atoms with Crippen molar-refractivity contribution in [2.75, 3.05) is 0 Å². The van der Waals surface area contributed by atoms with Gasteiger partial charge in [-0.25, -0.2) is 9.78 Å². The minimum atomic E-state index is -0.936. The summed E-state index contributed by atoms with van der Waals surface area (Å²) in [5, 5.41) is 11.6. The Labute approximate surface area is 71.8 Å². The third kappa shape index (κ3) is 3.20. The van der Waals surface area contributed by atoms with Crippen molar-refractivity contribution >= 4 is 29.1 Å². The molecule has 1 heterocycles. The summed E-state index contributed by atoms with van der Waals surface area (Å²) >= 11 is 2.78. The summed E-state index contributed by atoms with van der Waals surface area (Å²) in [6.45, 7) is 0. The summed E-state index contributed by atoms with van der Waals surface area (Å²) < 4.78 is 0.850. The molecule has 0 aliphatic heterocycles. The maximum Gasteiger partial charge on any atom is 0.328 e. The number of thioether (sulfide) groups is 1. The number of hydrogen-bond acceptors (Lipinski definition) is 4. The monoisotopic (exact) mass is 187 g/mol. The average molecular weight is 187 g/mol. The standard InChI is InChI=1S/C6H5NO2S2/c8-5(9)1-3-10-6-7-2-4-11-6/h1-4H,(H,8,9). The molecular formula is C6H5NO2S2. The quantitative estimate of drug-likeness (QED) is 0.579. The number of aromatic nitrogens is 1. The van der Waals surface area contributed by atoms with E-state index in [-0.39, 0.29) is 0 Å². The van der Waals surface area contributed by atoms with Crippen LogP contribution >= 0.6 is 23.1 Å². The van der Waals surface area contributed by atoms with E-state index in [9.17, 15) is 4.79 Å². The molecule has 0 spiro atoms. The molecule has 0 amide bonds. The van der Waals surface area contributed by atoms with Gasteiger partial charge in [-0.2, -0.15) is 0 Å². The zero-order chi connectivity index (χ0) is 8.10. The van der Waals surface area contributed by atoms with Gasteiger partial charge < -0.3 is 5.11 Å². The maximum absolute atomic E-state index is 10.0. The van der Waals surface area contributed by atoms with E-state index in [4.69, 9.17) is 5.11 Å². The summed E-state index contributed by atoms with van der Waals surface area (Å²) in [5.41, 5.74) is 0. The number of carbonyl (C=O) groups is 1. The summed E-state index contributed by atoms with van der Waals surface area (Å²) in [5.74, 6) is -0.936. The van der Waals surface area contributed by atoms with Crippen LogP contribution in [0, 0.1) is 0 Å². The third-order valence-electron chi connectivity index (χ3n) is 0.789. The van der Waals surface area contributed by atoms with Crippen LogP contribution in [0.1, 0.15) is 0 Å². The first kappa shape index (κ1) is 8.29. The topological polar surface area (TPSA) is 50.2 Å². The Bertz CT molecular complexity index is 256. The fourth-order valence-electron chi connectivity index (χ4n) is 0.419. The highest BCUT2D eigenvalue weighted by molar-refractivity contribution is 8.03. The van der Waals surface area contributed by atoms with Gasteiger partial charge in [-0.1, -0.05) is 11.8 Å². The Morgan fingerprint density at radius 1 is 1.82 bits per heavy atom. The van der Waals surface area contributed by atoms with Crippen molar-refractivity contribution in [3.63, 3.8) is 0 Å². The van der Waals surface area contributed by atoms with E-state index in [1.165, 1.54) is 28.5 Å². The molecule has 5 heteroatoms. The molecule has 0 fully saturated rings. The molecule has 0 bridgehead atoms. The van der Waals surface area contributed by atoms with Crippen LogP contribution in [-0.4, -0.2) is 16.1 Å². The van der Waals surface area contributed by atoms with Crippen LogP contribution in [0.4, 0.5) is 0 Å². The Morgan fingerprint density at radius 2 is 2.64 bits per heavy atom. The lowest BCUT2D eigenvalue weighted by molar-refractivity contribution is -0.131. The highest BCUT2D eigenvalue weighted by atomic mass is 32.2. The summed E-state index contributed by atoms with van der Waals surface area (Å²) in [7, 11) is 0. The minimum absolute atomic E-state index is 0.850. The fraction of sp³-hybridized carbons (Fsp3) is 0. The number of aliphatic carboxylic acids is 1. The van der Waals surface area contributed by atoms with Crippen LogP contribution in [0.25, 0.3) is 0 Å². The van der Waals surface area contributed by atoms with Crippen molar-refractivity contribution < 1.29 is 9.90 Å². The van der Waals surface area contributed by atoms with Crippen LogP contribution in [0.2, 0.25) is 0 Å². The van der Waals surface area contributed by atoms with Crippen molar-refractivity contribution in [3.8, 4) is 0 Å². The van der Waals surface area contributed by atoms with E-state index >= 15 is 0 Å². The SMILES string of the molecule is O=C(O)C=CSc1nccs1. The zero-order valence-electron chi connectivity index (χ0n) is 5.43. The van der Waals surface area contributed by atoms with Crippen molar-refractivity contribution in [1.29, 1.82) is 0 Å².